The van der Waals surface area contributed by atoms with Crippen molar-refractivity contribution in [2.45, 2.75) is 6.61 Å². The van der Waals surface area contributed by atoms with Gasteiger partial charge in [0.25, 0.3) is 0 Å². The van der Waals surface area contributed by atoms with E-state index in [9.17, 15) is 15.3 Å². The number of hydrogen-bond donors (Lipinski definition) is 1. The number of rotatable bonds is 5. The van der Waals surface area contributed by atoms with E-state index in [1.807, 2.05) is 36.4 Å². The molecule has 0 fully saturated rings. The summed E-state index contributed by atoms with van der Waals surface area (Å²) >= 11 is 0. The Morgan fingerprint density at radius 1 is 1.11 bits per heavy atom. The molecule has 1 aromatic heterocycles. The summed E-state index contributed by atoms with van der Waals surface area (Å²) in [6.45, 7) is 0.278. The van der Waals surface area contributed by atoms with Crippen LogP contribution in [0.2, 0.25) is 0 Å². The number of nitrogens with two attached hydrogens (primary N) is 1. The van der Waals surface area contributed by atoms with E-state index >= 15 is 0 Å². The number of carbonyl (C=O) groups excluding carboxylic acids is 1. The number of benzene rings is 2. The van der Waals surface area contributed by atoms with Gasteiger partial charge in [-0.3, -0.25) is 0 Å². The number of esters is 1. The summed E-state index contributed by atoms with van der Waals surface area (Å²) in [5, 5.41) is 18.6. The van der Waals surface area contributed by atoms with Crippen molar-refractivity contribution in [2.75, 3.05) is 12.8 Å². The van der Waals surface area contributed by atoms with E-state index in [2.05, 4.69) is 6.07 Å². The van der Waals surface area contributed by atoms with E-state index in [-0.39, 0.29) is 23.6 Å². The number of anilines is 1. The van der Waals surface area contributed by atoms with Crippen molar-refractivity contribution in [1.29, 1.82) is 10.5 Å². The summed E-state index contributed by atoms with van der Waals surface area (Å²) in [6, 6.07) is 18.4. The molecule has 2 N–H and O–H groups in total. The summed E-state index contributed by atoms with van der Waals surface area (Å²) in [4.78, 5) is 12.2. The molecule has 0 bridgehead atoms. The molecule has 0 spiro atoms. The zero-order valence-electron chi connectivity index (χ0n) is 15.0. The van der Waals surface area contributed by atoms with E-state index in [0.717, 1.165) is 5.56 Å². The van der Waals surface area contributed by atoms with Crippen molar-refractivity contribution >= 4 is 11.7 Å². The maximum absolute atomic E-state index is 12.2. The van der Waals surface area contributed by atoms with Crippen LogP contribution in [0.4, 0.5) is 5.69 Å². The summed E-state index contributed by atoms with van der Waals surface area (Å²) in [6.07, 6.45) is 1.45. The van der Waals surface area contributed by atoms with Gasteiger partial charge in [-0.25, -0.2) is 4.79 Å². The molecule has 0 saturated heterocycles. The molecule has 1 heterocycles. The molecule has 7 heteroatoms. The van der Waals surface area contributed by atoms with Crippen molar-refractivity contribution in [1.82, 2.24) is 4.57 Å². The van der Waals surface area contributed by atoms with Gasteiger partial charge in [0.05, 0.1) is 23.9 Å². The first-order chi connectivity index (χ1) is 13.6. The van der Waals surface area contributed by atoms with Gasteiger partial charge in [0.2, 0.25) is 0 Å². The Bertz CT molecular complexity index is 1110. The normalized spacial score (nSPS) is 9.96. The van der Waals surface area contributed by atoms with Crippen LogP contribution in [0.15, 0.2) is 54.7 Å². The Morgan fingerprint density at radius 2 is 1.82 bits per heavy atom. The Hall–Kier alpha value is -4.23. The molecule has 0 radical (unpaired) electrons. The van der Waals surface area contributed by atoms with Crippen molar-refractivity contribution in [3.05, 3.63) is 77.1 Å². The molecule has 0 aliphatic heterocycles. The second-order valence-corrected chi connectivity index (χ2v) is 5.84. The first-order valence-corrected chi connectivity index (χ1v) is 8.29. The van der Waals surface area contributed by atoms with Crippen molar-refractivity contribution in [3.63, 3.8) is 0 Å². The molecule has 0 unspecified atom stereocenters. The third-order valence-corrected chi connectivity index (χ3v) is 4.14. The first kappa shape index (κ1) is 18.6. The van der Waals surface area contributed by atoms with Crippen LogP contribution in [0.3, 0.4) is 0 Å². The summed E-state index contributed by atoms with van der Waals surface area (Å²) in [5.74, 6) is -0.319. The molecule has 2 aromatic carbocycles. The highest BCUT2D eigenvalue weighted by atomic mass is 16.5. The second kappa shape index (κ2) is 7.98. The standard InChI is InChI=1S/C21H16N4O3/c1-27-21(26)20-19(24)16(11-23)12-25(20)17-8-7-15(10-22)18(9-17)28-13-14-5-3-2-4-6-14/h2-9,12H,13,24H2,1H3. The minimum absolute atomic E-state index is 0.0328. The predicted molar refractivity (Wildman–Crippen MR) is 102 cm³/mol. The van der Waals surface area contributed by atoms with Gasteiger partial charge in [-0.05, 0) is 17.7 Å². The topological polar surface area (TPSA) is 114 Å². The Kier molecular flexibility index (Phi) is 5.29. The smallest absolute Gasteiger partial charge is 0.357 e. The van der Waals surface area contributed by atoms with Crippen LogP contribution in [0.1, 0.15) is 27.2 Å². The Morgan fingerprint density at radius 3 is 2.46 bits per heavy atom. The molecule has 3 aromatic rings. The van der Waals surface area contributed by atoms with Crippen LogP contribution >= 0.6 is 0 Å². The molecule has 0 aliphatic carbocycles. The second-order valence-electron chi connectivity index (χ2n) is 5.84. The highest BCUT2D eigenvalue weighted by Gasteiger charge is 2.22. The van der Waals surface area contributed by atoms with E-state index < -0.39 is 5.97 Å². The van der Waals surface area contributed by atoms with Crippen molar-refractivity contribution in [2.24, 2.45) is 0 Å². The van der Waals surface area contributed by atoms with Crippen LogP contribution < -0.4 is 10.5 Å². The number of nitrogen functional groups attached to an aromatic ring is 1. The van der Waals surface area contributed by atoms with Gasteiger partial charge >= 0.3 is 5.97 Å². The minimum Gasteiger partial charge on any atom is -0.487 e. The average molecular weight is 372 g/mol. The van der Waals surface area contributed by atoms with Crippen LogP contribution in [-0.4, -0.2) is 17.6 Å². The molecule has 138 valence electrons. The fourth-order valence-corrected chi connectivity index (χ4v) is 2.73. The lowest BCUT2D eigenvalue weighted by Crippen LogP contribution is -2.11. The number of ether oxygens (including phenoxy) is 2. The average Bonchev–Trinajstić information content (AvgIpc) is 3.08. The maximum Gasteiger partial charge on any atom is 0.357 e. The lowest BCUT2D eigenvalue weighted by molar-refractivity contribution is 0.0593. The van der Waals surface area contributed by atoms with Crippen LogP contribution in [0, 0.1) is 22.7 Å². The van der Waals surface area contributed by atoms with Crippen LogP contribution in [0.25, 0.3) is 5.69 Å². The molecule has 0 saturated carbocycles. The number of carbonyl (C=O) groups is 1. The van der Waals surface area contributed by atoms with E-state index in [1.165, 1.54) is 17.9 Å². The summed E-state index contributed by atoms with van der Waals surface area (Å²) in [7, 11) is 1.23. The van der Waals surface area contributed by atoms with Gasteiger partial charge in [-0.2, -0.15) is 10.5 Å². The molecular formula is C21H16N4O3. The molecule has 3 rings (SSSR count). The first-order valence-electron chi connectivity index (χ1n) is 8.29. The van der Waals surface area contributed by atoms with Gasteiger partial charge in [-0.1, -0.05) is 30.3 Å². The van der Waals surface area contributed by atoms with Crippen LogP contribution in [0.5, 0.6) is 5.75 Å². The molecule has 28 heavy (non-hydrogen) atoms. The molecular weight excluding hydrogens is 356 g/mol. The summed E-state index contributed by atoms with van der Waals surface area (Å²) in [5.41, 5.74) is 7.96. The third kappa shape index (κ3) is 3.50. The van der Waals surface area contributed by atoms with Gasteiger partial charge in [-0.15, -0.1) is 0 Å². The van der Waals surface area contributed by atoms with Crippen molar-refractivity contribution < 1.29 is 14.3 Å². The SMILES string of the molecule is COC(=O)c1c(N)c(C#N)cn1-c1ccc(C#N)c(OCc2ccccc2)c1. The zero-order chi connectivity index (χ0) is 20.1. The molecule has 0 aliphatic rings. The zero-order valence-corrected chi connectivity index (χ0v) is 15.0. The van der Waals surface area contributed by atoms with E-state index in [1.54, 1.807) is 18.2 Å². The molecule has 0 atom stereocenters. The Balaban J connectivity index is 2.03. The third-order valence-electron chi connectivity index (χ3n) is 4.14. The van der Waals surface area contributed by atoms with Gasteiger partial charge in [0, 0.05) is 18.0 Å². The summed E-state index contributed by atoms with van der Waals surface area (Å²) < 4.78 is 12.1. The number of nitrogens with zero attached hydrogens (tertiary/aromatic N) is 3. The predicted octanol–water partition coefficient (Wildman–Crippen LogP) is 3.17. The monoisotopic (exact) mass is 372 g/mol. The van der Waals surface area contributed by atoms with Crippen molar-refractivity contribution in [3.8, 4) is 23.6 Å². The van der Waals surface area contributed by atoms with Gasteiger partial charge in [0.1, 0.15) is 24.5 Å². The number of hydrogen-bond acceptors (Lipinski definition) is 6. The number of methoxy groups -OCH3 is 1. The molecule has 7 nitrogen and oxygen atoms in total. The van der Waals surface area contributed by atoms with Gasteiger partial charge < -0.3 is 19.8 Å². The minimum atomic E-state index is -0.671. The number of nitriles is 2. The largest absolute Gasteiger partial charge is 0.487 e. The Labute approximate surface area is 161 Å². The number of aromatic nitrogens is 1. The maximum atomic E-state index is 12.2. The highest BCUT2D eigenvalue weighted by Crippen LogP contribution is 2.28. The quantitative estimate of drug-likeness (QED) is 0.688. The van der Waals surface area contributed by atoms with E-state index in [0.29, 0.717) is 17.0 Å². The van der Waals surface area contributed by atoms with E-state index in [4.69, 9.17) is 15.2 Å². The van der Waals surface area contributed by atoms with Crippen LogP contribution in [-0.2, 0) is 11.3 Å². The lowest BCUT2D eigenvalue weighted by atomic mass is 10.2. The van der Waals surface area contributed by atoms with Gasteiger partial charge in [0.15, 0.2) is 5.69 Å². The fourth-order valence-electron chi connectivity index (χ4n) is 2.73. The highest BCUT2D eigenvalue weighted by molar-refractivity contribution is 5.96. The fraction of sp³-hybridized carbons (Fsp3) is 0.0952. The lowest BCUT2D eigenvalue weighted by Gasteiger charge is -2.12. The molecule has 0 amide bonds.